The van der Waals surface area contributed by atoms with E-state index < -0.39 is 29.4 Å². The van der Waals surface area contributed by atoms with Crippen molar-refractivity contribution in [2.24, 2.45) is 0 Å². The van der Waals surface area contributed by atoms with Gasteiger partial charge in [0.2, 0.25) is 5.91 Å². The van der Waals surface area contributed by atoms with Gasteiger partial charge in [-0.15, -0.1) is 0 Å². The number of hydrogen-bond acceptors (Lipinski definition) is 5. The van der Waals surface area contributed by atoms with Crippen LogP contribution in [0.4, 0.5) is 17.6 Å². The van der Waals surface area contributed by atoms with Crippen molar-refractivity contribution >= 4 is 11.8 Å². The molecule has 3 aromatic carbocycles. The van der Waals surface area contributed by atoms with Crippen LogP contribution in [-0.4, -0.2) is 46.1 Å². The van der Waals surface area contributed by atoms with Gasteiger partial charge in [0.1, 0.15) is 5.82 Å². The summed E-state index contributed by atoms with van der Waals surface area (Å²) in [5, 5.41) is 5.95. The Kier molecular flexibility index (Phi) is 7.61. The predicted octanol–water partition coefficient (Wildman–Crippen LogP) is 5.78. The Balaban J connectivity index is 1.36. The quantitative estimate of drug-likeness (QED) is 0.299. The molecule has 1 fully saturated rings. The van der Waals surface area contributed by atoms with Crippen molar-refractivity contribution in [3.63, 3.8) is 0 Å². The van der Waals surface area contributed by atoms with Crippen molar-refractivity contribution in [1.29, 1.82) is 0 Å². The lowest BCUT2D eigenvalue weighted by atomic mass is 9.71. The number of nitrogens with zero attached hydrogens (tertiary/aromatic N) is 3. The molecule has 0 aliphatic carbocycles. The molecule has 4 aromatic rings. The zero-order valence-corrected chi connectivity index (χ0v) is 22.0. The van der Waals surface area contributed by atoms with E-state index in [-0.39, 0.29) is 37.4 Å². The van der Waals surface area contributed by atoms with Gasteiger partial charge in [0.05, 0.1) is 5.41 Å². The predicted molar refractivity (Wildman–Crippen MR) is 141 cm³/mol. The van der Waals surface area contributed by atoms with Crippen LogP contribution in [-0.2, 0) is 10.2 Å². The smallest absolute Gasteiger partial charge is 0.340 e. The van der Waals surface area contributed by atoms with Gasteiger partial charge in [-0.25, -0.2) is 4.39 Å². The first-order valence-electron chi connectivity index (χ1n) is 13.0. The number of aromatic nitrogens is 2. The number of hydrogen-bond donors (Lipinski definition) is 1. The fraction of sp³-hybridized carbons (Fsp3) is 0.267. The highest BCUT2D eigenvalue weighted by Crippen LogP contribution is 2.39. The van der Waals surface area contributed by atoms with E-state index in [0.29, 0.717) is 28.4 Å². The topological polar surface area (TPSA) is 88.3 Å². The second-order valence-corrected chi connectivity index (χ2v) is 9.96. The summed E-state index contributed by atoms with van der Waals surface area (Å²) in [6.45, 7) is 2.00. The average Bonchev–Trinajstić information content (AvgIpc) is 3.42. The van der Waals surface area contributed by atoms with Crippen LogP contribution in [0, 0.1) is 12.7 Å². The van der Waals surface area contributed by atoms with Crippen LogP contribution in [0.2, 0.25) is 0 Å². The summed E-state index contributed by atoms with van der Waals surface area (Å²) in [6.07, 6.45) is -4.59. The van der Waals surface area contributed by atoms with Gasteiger partial charge in [-0.1, -0.05) is 47.6 Å². The number of rotatable bonds is 6. The fourth-order valence-corrected chi connectivity index (χ4v) is 5.13. The Bertz CT molecular complexity index is 1510. The summed E-state index contributed by atoms with van der Waals surface area (Å²) in [6, 6.07) is 16.8. The molecule has 0 bridgehead atoms. The molecule has 5 rings (SSSR count). The molecular formula is C30H26F4N4O3. The summed E-state index contributed by atoms with van der Waals surface area (Å²) in [4.78, 5) is 32.8. The molecule has 2 heterocycles. The van der Waals surface area contributed by atoms with Crippen molar-refractivity contribution in [2.75, 3.05) is 13.1 Å². The summed E-state index contributed by atoms with van der Waals surface area (Å²) in [7, 11) is 0. The average molecular weight is 567 g/mol. The second-order valence-electron chi connectivity index (χ2n) is 9.96. The third-order valence-corrected chi connectivity index (χ3v) is 7.38. The Morgan fingerprint density at radius 3 is 2.15 bits per heavy atom. The molecule has 1 aliphatic heterocycles. The third kappa shape index (κ3) is 5.84. The number of piperidine rings is 1. The number of aryl methyl sites for hydroxylation is 1. The van der Waals surface area contributed by atoms with Gasteiger partial charge in [0.15, 0.2) is 11.9 Å². The highest BCUT2D eigenvalue weighted by Gasteiger charge is 2.48. The fourth-order valence-electron chi connectivity index (χ4n) is 5.13. The Labute approximate surface area is 233 Å². The number of alkyl halides is 3. The van der Waals surface area contributed by atoms with Crippen molar-refractivity contribution in [2.45, 2.75) is 37.4 Å². The number of carbonyl (C=O) groups excluding carboxylic acids is 2. The van der Waals surface area contributed by atoms with Crippen LogP contribution in [0.15, 0.2) is 83.4 Å². The van der Waals surface area contributed by atoms with E-state index in [1.165, 1.54) is 0 Å². The SMILES string of the molecule is Cc1noc(-c2ccc(C(=O)N3CCC(C(=O)NC(c4ccc(F)cc4)C(F)(F)F)(c4ccccc4)CC3)cc2)n1. The summed E-state index contributed by atoms with van der Waals surface area (Å²) >= 11 is 0. The van der Waals surface area contributed by atoms with Crippen molar-refractivity contribution in [3.05, 3.63) is 107 Å². The number of nitrogens with one attached hydrogen (secondary N) is 1. The van der Waals surface area contributed by atoms with Gasteiger partial charge in [-0.3, -0.25) is 9.59 Å². The van der Waals surface area contributed by atoms with E-state index in [4.69, 9.17) is 4.52 Å². The molecule has 1 N–H and O–H groups in total. The van der Waals surface area contributed by atoms with E-state index in [1.54, 1.807) is 66.4 Å². The lowest BCUT2D eigenvalue weighted by molar-refractivity contribution is -0.165. The van der Waals surface area contributed by atoms with Gasteiger partial charge < -0.3 is 14.7 Å². The number of benzene rings is 3. The normalized spacial score (nSPS) is 15.8. The second kappa shape index (κ2) is 11.1. The van der Waals surface area contributed by atoms with Crippen LogP contribution in [0.25, 0.3) is 11.5 Å². The molecule has 7 nitrogen and oxygen atoms in total. The lowest BCUT2D eigenvalue weighted by Gasteiger charge is -2.42. The van der Waals surface area contributed by atoms with E-state index in [0.717, 1.165) is 24.3 Å². The van der Waals surface area contributed by atoms with E-state index in [1.807, 2.05) is 0 Å². The van der Waals surface area contributed by atoms with Gasteiger partial charge in [0.25, 0.3) is 11.8 Å². The lowest BCUT2D eigenvalue weighted by Crippen LogP contribution is -2.54. The van der Waals surface area contributed by atoms with Crippen LogP contribution >= 0.6 is 0 Å². The van der Waals surface area contributed by atoms with Crippen LogP contribution < -0.4 is 5.32 Å². The Hall–Kier alpha value is -4.54. The zero-order chi connectivity index (χ0) is 29.2. The first-order chi connectivity index (χ1) is 19.6. The first kappa shape index (κ1) is 28.0. The molecule has 0 saturated carbocycles. The molecule has 1 unspecified atom stereocenters. The summed E-state index contributed by atoms with van der Waals surface area (Å²) < 4.78 is 60.8. The molecule has 0 radical (unpaired) electrons. The molecule has 41 heavy (non-hydrogen) atoms. The molecule has 1 aliphatic rings. The summed E-state index contributed by atoms with van der Waals surface area (Å²) in [5.74, 6) is -0.936. The molecule has 212 valence electrons. The van der Waals surface area contributed by atoms with Crippen LogP contribution in [0.1, 0.15) is 46.2 Å². The maximum Gasteiger partial charge on any atom is 0.412 e. The highest BCUT2D eigenvalue weighted by atomic mass is 19.4. The van der Waals surface area contributed by atoms with Gasteiger partial charge in [-0.05, 0) is 67.3 Å². The van der Waals surface area contributed by atoms with E-state index in [9.17, 15) is 27.2 Å². The number of likely N-dealkylation sites (tertiary alicyclic amines) is 1. The molecule has 1 saturated heterocycles. The molecule has 0 spiro atoms. The minimum Gasteiger partial charge on any atom is -0.340 e. The first-order valence-corrected chi connectivity index (χ1v) is 13.0. The molecular weight excluding hydrogens is 540 g/mol. The minimum atomic E-state index is -4.81. The largest absolute Gasteiger partial charge is 0.412 e. The number of amides is 2. The Morgan fingerprint density at radius 2 is 1.59 bits per heavy atom. The van der Waals surface area contributed by atoms with Gasteiger partial charge in [-0.2, -0.15) is 18.2 Å². The van der Waals surface area contributed by atoms with Crippen LogP contribution in [0.5, 0.6) is 0 Å². The molecule has 2 amide bonds. The monoisotopic (exact) mass is 566 g/mol. The highest BCUT2D eigenvalue weighted by molar-refractivity contribution is 5.95. The standard InChI is InChI=1S/C30H26F4N4O3/c1-19-35-26(41-37-19)21-7-9-22(10-8-21)27(39)38-17-15-29(16-18-38,23-5-3-2-4-6-23)28(40)36-25(30(32,33)34)20-11-13-24(31)14-12-20/h2-14,25H,15-18H2,1H3,(H,36,40). The van der Waals surface area contributed by atoms with Crippen molar-refractivity contribution in [1.82, 2.24) is 20.4 Å². The molecule has 11 heteroatoms. The van der Waals surface area contributed by atoms with Gasteiger partial charge >= 0.3 is 6.18 Å². The maximum absolute atomic E-state index is 14.1. The molecule has 1 atom stereocenters. The van der Waals surface area contributed by atoms with Crippen molar-refractivity contribution in [3.8, 4) is 11.5 Å². The van der Waals surface area contributed by atoms with Gasteiger partial charge in [0, 0.05) is 24.2 Å². The van der Waals surface area contributed by atoms with E-state index >= 15 is 0 Å². The number of halogens is 4. The van der Waals surface area contributed by atoms with Crippen LogP contribution in [0.3, 0.4) is 0 Å². The van der Waals surface area contributed by atoms with Crippen molar-refractivity contribution < 1.29 is 31.7 Å². The Morgan fingerprint density at radius 1 is 0.951 bits per heavy atom. The molecule has 1 aromatic heterocycles. The third-order valence-electron chi connectivity index (χ3n) is 7.38. The zero-order valence-electron chi connectivity index (χ0n) is 22.0. The van der Waals surface area contributed by atoms with E-state index in [2.05, 4.69) is 15.5 Å². The summed E-state index contributed by atoms with van der Waals surface area (Å²) in [5.41, 5.74) is 0.0448. The maximum atomic E-state index is 14.1. The number of carbonyl (C=O) groups is 2. The minimum absolute atomic E-state index is 0.113.